The first-order valence-electron chi connectivity index (χ1n) is 6.19. The summed E-state index contributed by atoms with van der Waals surface area (Å²) in [5, 5.41) is 3.26. The predicted octanol–water partition coefficient (Wildman–Crippen LogP) is 2.28. The largest absolute Gasteiger partial charge is 0.340 e. The lowest BCUT2D eigenvalue weighted by molar-refractivity contribution is 0.870. The molecule has 0 radical (unpaired) electrons. The van der Waals surface area contributed by atoms with Crippen LogP contribution in [0.15, 0.2) is 36.5 Å². The maximum Gasteiger partial charge on any atom is 0.134 e. The molecule has 1 aromatic heterocycles. The van der Waals surface area contributed by atoms with Crippen molar-refractivity contribution in [1.82, 2.24) is 9.97 Å². The summed E-state index contributed by atoms with van der Waals surface area (Å²) in [5.74, 6) is 1.57. The molecule has 0 spiro atoms. The van der Waals surface area contributed by atoms with E-state index in [1.165, 1.54) is 5.56 Å². The minimum absolute atomic E-state index is 0.564. The van der Waals surface area contributed by atoms with Gasteiger partial charge in [0.2, 0.25) is 0 Å². The summed E-state index contributed by atoms with van der Waals surface area (Å²) in [4.78, 5) is 8.57. The van der Waals surface area contributed by atoms with Crippen LogP contribution in [0.3, 0.4) is 0 Å². The zero-order valence-electron chi connectivity index (χ0n) is 10.6. The molecule has 0 atom stereocenters. The van der Waals surface area contributed by atoms with Crippen LogP contribution in [-0.2, 0) is 12.8 Å². The summed E-state index contributed by atoms with van der Waals surface area (Å²) < 4.78 is 0. The Balaban J connectivity index is 2.09. The molecule has 0 fully saturated rings. The van der Waals surface area contributed by atoms with Gasteiger partial charge in [-0.2, -0.15) is 0 Å². The third-order valence-corrected chi connectivity index (χ3v) is 2.71. The Labute approximate surface area is 107 Å². The Morgan fingerprint density at radius 2 is 1.94 bits per heavy atom. The van der Waals surface area contributed by atoms with Gasteiger partial charge >= 0.3 is 0 Å². The van der Waals surface area contributed by atoms with E-state index in [0.29, 0.717) is 13.0 Å². The van der Waals surface area contributed by atoms with Gasteiger partial charge in [0.25, 0.3) is 0 Å². The van der Waals surface area contributed by atoms with Crippen LogP contribution in [-0.4, -0.2) is 16.5 Å². The molecule has 0 aliphatic rings. The van der Waals surface area contributed by atoms with Crippen LogP contribution in [0, 0.1) is 0 Å². The number of aryl methyl sites for hydroxylation is 1. The van der Waals surface area contributed by atoms with E-state index in [2.05, 4.69) is 46.5 Å². The highest BCUT2D eigenvalue weighted by Crippen LogP contribution is 2.15. The van der Waals surface area contributed by atoms with Gasteiger partial charge < -0.3 is 11.1 Å². The first-order chi connectivity index (χ1) is 8.81. The van der Waals surface area contributed by atoms with Gasteiger partial charge in [-0.15, -0.1) is 0 Å². The molecule has 3 N–H and O–H groups in total. The molecule has 94 valence electrons. The number of hydrogen-bond acceptors (Lipinski definition) is 4. The van der Waals surface area contributed by atoms with Gasteiger partial charge in [-0.3, -0.25) is 0 Å². The van der Waals surface area contributed by atoms with Crippen molar-refractivity contribution >= 4 is 11.5 Å². The molecular formula is C14H18N4. The fourth-order valence-electron chi connectivity index (χ4n) is 1.69. The van der Waals surface area contributed by atoms with Gasteiger partial charge in [0, 0.05) is 18.3 Å². The quantitative estimate of drug-likeness (QED) is 0.844. The standard InChI is InChI=1S/C14H18N4/c1-2-11-3-5-12(6-4-11)17-14-8-10-16-13(18-14)7-9-15/h3-6,8,10H,2,7,9,15H2,1H3,(H,16,17,18). The number of hydrogen-bond donors (Lipinski definition) is 2. The normalized spacial score (nSPS) is 10.3. The molecule has 1 heterocycles. The number of nitrogens with zero attached hydrogens (tertiary/aromatic N) is 2. The van der Waals surface area contributed by atoms with Gasteiger partial charge in [-0.1, -0.05) is 19.1 Å². The Kier molecular flexibility index (Phi) is 4.25. The van der Waals surface area contributed by atoms with Crippen molar-refractivity contribution in [2.24, 2.45) is 5.73 Å². The molecule has 2 aromatic rings. The minimum atomic E-state index is 0.564. The van der Waals surface area contributed by atoms with Gasteiger partial charge in [0.15, 0.2) is 0 Å². The van der Waals surface area contributed by atoms with Crippen molar-refractivity contribution in [2.75, 3.05) is 11.9 Å². The first-order valence-corrected chi connectivity index (χ1v) is 6.19. The van der Waals surface area contributed by atoms with Crippen LogP contribution in [0.25, 0.3) is 0 Å². The fourth-order valence-corrected chi connectivity index (χ4v) is 1.69. The van der Waals surface area contributed by atoms with Crippen molar-refractivity contribution in [3.05, 3.63) is 47.9 Å². The summed E-state index contributed by atoms with van der Waals surface area (Å²) in [6.07, 6.45) is 3.50. The number of rotatable bonds is 5. The number of benzene rings is 1. The molecule has 18 heavy (non-hydrogen) atoms. The molecule has 0 saturated heterocycles. The summed E-state index contributed by atoms with van der Waals surface area (Å²) in [6, 6.07) is 10.2. The number of nitrogens with two attached hydrogens (primary N) is 1. The monoisotopic (exact) mass is 242 g/mol. The minimum Gasteiger partial charge on any atom is -0.340 e. The van der Waals surface area contributed by atoms with E-state index in [1.54, 1.807) is 6.20 Å². The molecule has 2 rings (SSSR count). The number of anilines is 2. The maximum absolute atomic E-state index is 5.49. The van der Waals surface area contributed by atoms with E-state index in [-0.39, 0.29) is 0 Å². The average molecular weight is 242 g/mol. The molecule has 0 unspecified atom stereocenters. The zero-order valence-corrected chi connectivity index (χ0v) is 10.6. The van der Waals surface area contributed by atoms with Gasteiger partial charge in [0.1, 0.15) is 11.6 Å². The smallest absolute Gasteiger partial charge is 0.134 e. The van der Waals surface area contributed by atoms with Crippen molar-refractivity contribution in [3.63, 3.8) is 0 Å². The van der Waals surface area contributed by atoms with Crippen molar-refractivity contribution < 1.29 is 0 Å². The Hall–Kier alpha value is -1.94. The highest BCUT2D eigenvalue weighted by Gasteiger charge is 1.99. The van der Waals surface area contributed by atoms with Gasteiger partial charge in [-0.05, 0) is 36.7 Å². The van der Waals surface area contributed by atoms with E-state index in [4.69, 9.17) is 5.73 Å². The maximum atomic E-state index is 5.49. The summed E-state index contributed by atoms with van der Waals surface area (Å²) >= 11 is 0. The van der Waals surface area contributed by atoms with Crippen LogP contribution in [0.4, 0.5) is 11.5 Å². The van der Waals surface area contributed by atoms with Crippen molar-refractivity contribution in [3.8, 4) is 0 Å². The first kappa shape index (κ1) is 12.5. The summed E-state index contributed by atoms with van der Waals surface area (Å²) in [6.45, 7) is 2.71. The lowest BCUT2D eigenvalue weighted by atomic mass is 10.1. The molecule has 4 heteroatoms. The Morgan fingerprint density at radius 1 is 1.17 bits per heavy atom. The second kappa shape index (κ2) is 6.12. The zero-order chi connectivity index (χ0) is 12.8. The van der Waals surface area contributed by atoms with Crippen LogP contribution in [0.1, 0.15) is 18.3 Å². The average Bonchev–Trinajstić information content (AvgIpc) is 2.40. The molecular weight excluding hydrogens is 224 g/mol. The molecule has 1 aromatic carbocycles. The highest BCUT2D eigenvalue weighted by molar-refractivity contribution is 5.56. The SMILES string of the molecule is CCc1ccc(Nc2ccnc(CCN)n2)cc1. The van der Waals surface area contributed by atoms with E-state index in [1.807, 2.05) is 6.07 Å². The highest BCUT2D eigenvalue weighted by atomic mass is 15.0. The Bertz CT molecular complexity index is 493. The van der Waals surface area contributed by atoms with E-state index >= 15 is 0 Å². The lowest BCUT2D eigenvalue weighted by Crippen LogP contribution is -2.07. The van der Waals surface area contributed by atoms with E-state index < -0.39 is 0 Å². The third kappa shape index (κ3) is 3.28. The van der Waals surface area contributed by atoms with Crippen LogP contribution in [0.5, 0.6) is 0 Å². The molecule has 4 nitrogen and oxygen atoms in total. The van der Waals surface area contributed by atoms with Gasteiger partial charge in [0.05, 0.1) is 0 Å². The van der Waals surface area contributed by atoms with Crippen LogP contribution >= 0.6 is 0 Å². The lowest BCUT2D eigenvalue weighted by Gasteiger charge is -2.07. The molecule has 0 aliphatic heterocycles. The third-order valence-electron chi connectivity index (χ3n) is 2.71. The second-order valence-electron chi connectivity index (χ2n) is 4.07. The molecule has 0 saturated carbocycles. The van der Waals surface area contributed by atoms with Crippen molar-refractivity contribution in [1.29, 1.82) is 0 Å². The van der Waals surface area contributed by atoms with Crippen LogP contribution in [0.2, 0.25) is 0 Å². The number of nitrogens with one attached hydrogen (secondary N) is 1. The van der Waals surface area contributed by atoms with Crippen molar-refractivity contribution in [2.45, 2.75) is 19.8 Å². The predicted molar refractivity (Wildman–Crippen MR) is 73.9 cm³/mol. The second-order valence-corrected chi connectivity index (χ2v) is 4.07. The van der Waals surface area contributed by atoms with Gasteiger partial charge in [-0.25, -0.2) is 9.97 Å². The van der Waals surface area contributed by atoms with E-state index in [9.17, 15) is 0 Å². The topological polar surface area (TPSA) is 63.8 Å². The summed E-state index contributed by atoms with van der Waals surface area (Å²) in [5.41, 5.74) is 7.85. The van der Waals surface area contributed by atoms with Crippen LogP contribution < -0.4 is 11.1 Å². The Morgan fingerprint density at radius 3 is 2.61 bits per heavy atom. The molecule has 0 bridgehead atoms. The summed E-state index contributed by atoms with van der Waals surface area (Å²) in [7, 11) is 0. The molecule has 0 amide bonds. The van der Waals surface area contributed by atoms with E-state index in [0.717, 1.165) is 23.8 Å². The molecule has 0 aliphatic carbocycles. The fraction of sp³-hybridized carbons (Fsp3) is 0.286. The number of aromatic nitrogens is 2.